The molecular weight excluding hydrogens is 406 g/mol. The van der Waals surface area contributed by atoms with Crippen molar-refractivity contribution < 1.29 is 18.8 Å². The Morgan fingerprint density at radius 2 is 1.77 bits per heavy atom. The predicted molar refractivity (Wildman–Crippen MR) is 112 cm³/mol. The molecule has 4 aromatic rings. The zero-order chi connectivity index (χ0) is 21.1. The summed E-state index contributed by atoms with van der Waals surface area (Å²) in [6.45, 7) is 1.17. The highest BCUT2D eigenvalue weighted by atomic mass is 35.5. The maximum Gasteiger partial charge on any atom is 0.340 e. The van der Waals surface area contributed by atoms with Crippen LogP contribution in [-0.4, -0.2) is 22.0 Å². The van der Waals surface area contributed by atoms with Crippen molar-refractivity contribution in [2.24, 2.45) is 0 Å². The van der Waals surface area contributed by atoms with Gasteiger partial charge < -0.3 is 14.6 Å². The molecule has 1 N–H and O–H groups in total. The average Bonchev–Trinajstić information content (AvgIpc) is 3.20. The van der Waals surface area contributed by atoms with Crippen molar-refractivity contribution in [3.8, 4) is 11.4 Å². The van der Waals surface area contributed by atoms with E-state index in [1.807, 2.05) is 24.3 Å². The van der Waals surface area contributed by atoms with Crippen LogP contribution in [0.4, 0.5) is 5.69 Å². The first-order chi connectivity index (χ1) is 14.5. The predicted octanol–water partition coefficient (Wildman–Crippen LogP) is 4.86. The molecule has 0 unspecified atom stereocenters. The van der Waals surface area contributed by atoms with Gasteiger partial charge in [-0.2, -0.15) is 4.98 Å². The molecule has 8 heteroatoms. The molecular formula is C22H16ClN3O4. The summed E-state index contributed by atoms with van der Waals surface area (Å²) < 4.78 is 10.5. The second-order valence-corrected chi connectivity index (χ2v) is 6.96. The van der Waals surface area contributed by atoms with E-state index >= 15 is 0 Å². The molecule has 0 radical (unpaired) electrons. The zero-order valence-electron chi connectivity index (χ0n) is 15.9. The minimum atomic E-state index is -0.615. The molecule has 4 rings (SSSR count). The molecule has 7 nitrogen and oxygen atoms in total. The maximum absolute atomic E-state index is 12.7. The topological polar surface area (TPSA) is 94.3 Å². The monoisotopic (exact) mass is 421 g/mol. The van der Waals surface area contributed by atoms with E-state index in [4.69, 9.17) is 20.9 Å². The molecule has 0 saturated heterocycles. The minimum Gasteiger partial charge on any atom is -0.452 e. The Hall–Kier alpha value is -3.71. The van der Waals surface area contributed by atoms with E-state index in [0.29, 0.717) is 16.5 Å². The average molecular weight is 422 g/mol. The van der Waals surface area contributed by atoms with Crippen LogP contribution in [0, 0.1) is 0 Å². The van der Waals surface area contributed by atoms with Gasteiger partial charge in [-0.05, 0) is 47.2 Å². The van der Waals surface area contributed by atoms with Crippen molar-refractivity contribution in [1.82, 2.24) is 10.1 Å². The molecule has 3 aromatic carbocycles. The van der Waals surface area contributed by atoms with Crippen LogP contribution in [0.3, 0.4) is 0 Å². The fourth-order valence-corrected chi connectivity index (χ4v) is 3.06. The first-order valence-electron chi connectivity index (χ1n) is 9.05. The second kappa shape index (κ2) is 8.34. The van der Waals surface area contributed by atoms with Gasteiger partial charge in [0.15, 0.2) is 6.61 Å². The lowest BCUT2D eigenvalue weighted by atomic mass is 10.0. The summed E-state index contributed by atoms with van der Waals surface area (Å²) in [7, 11) is 0. The van der Waals surface area contributed by atoms with Gasteiger partial charge in [0.05, 0.1) is 11.3 Å². The Morgan fingerprint density at radius 1 is 1.07 bits per heavy atom. The lowest BCUT2D eigenvalue weighted by Crippen LogP contribution is -2.13. The Bertz CT molecular complexity index is 1230. The van der Waals surface area contributed by atoms with Gasteiger partial charge in [-0.1, -0.05) is 41.0 Å². The molecule has 0 aliphatic rings. The van der Waals surface area contributed by atoms with Crippen molar-refractivity contribution in [2.75, 3.05) is 5.32 Å². The van der Waals surface area contributed by atoms with Crippen molar-refractivity contribution in [3.05, 3.63) is 77.1 Å². The smallest absolute Gasteiger partial charge is 0.340 e. The van der Waals surface area contributed by atoms with Gasteiger partial charge in [-0.25, -0.2) is 4.79 Å². The third-order valence-electron chi connectivity index (χ3n) is 4.31. The number of nitrogens with zero attached hydrogens (tertiary/aromatic N) is 2. The van der Waals surface area contributed by atoms with Crippen LogP contribution >= 0.6 is 11.6 Å². The van der Waals surface area contributed by atoms with E-state index in [1.165, 1.54) is 6.92 Å². The number of ether oxygens (including phenoxy) is 1. The largest absolute Gasteiger partial charge is 0.452 e. The van der Waals surface area contributed by atoms with Gasteiger partial charge in [-0.3, -0.25) is 4.79 Å². The van der Waals surface area contributed by atoms with Crippen LogP contribution in [0.1, 0.15) is 23.2 Å². The van der Waals surface area contributed by atoms with Gasteiger partial charge in [0, 0.05) is 17.5 Å². The Morgan fingerprint density at radius 3 is 2.47 bits per heavy atom. The number of fused-ring (bicyclic) bond motifs is 1. The summed E-state index contributed by atoms with van der Waals surface area (Å²) >= 11 is 5.88. The van der Waals surface area contributed by atoms with Gasteiger partial charge in [0.25, 0.3) is 5.89 Å². The number of hydrogen-bond acceptors (Lipinski definition) is 6. The lowest BCUT2D eigenvalue weighted by Gasteiger charge is -2.11. The number of carbonyl (C=O) groups is 2. The van der Waals surface area contributed by atoms with Crippen LogP contribution in [0.25, 0.3) is 22.2 Å². The molecule has 0 spiro atoms. The van der Waals surface area contributed by atoms with Crippen LogP contribution in [-0.2, 0) is 16.1 Å². The number of aromatic nitrogens is 2. The Kier molecular flexibility index (Phi) is 5.45. The number of nitrogens with one attached hydrogen (secondary N) is 1. The first-order valence-corrected chi connectivity index (χ1v) is 9.43. The van der Waals surface area contributed by atoms with Crippen LogP contribution < -0.4 is 5.32 Å². The Labute approximate surface area is 176 Å². The quantitative estimate of drug-likeness (QED) is 0.462. The fraction of sp³-hybridized carbons (Fsp3) is 0.0909. The molecule has 0 saturated carbocycles. The van der Waals surface area contributed by atoms with Crippen LogP contribution in [0.15, 0.2) is 65.2 Å². The van der Waals surface area contributed by atoms with Gasteiger partial charge in [0.1, 0.15) is 0 Å². The van der Waals surface area contributed by atoms with E-state index in [1.54, 1.807) is 36.4 Å². The van der Waals surface area contributed by atoms with E-state index in [2.05, 4.69) is 15.5 Å². The molecule has 0 aliphatic carbocycles. The summed E-state index contributed by atoms with van der Waals surface area (Å²) in [5.74, 6) is -0.392. The molecule has 1 heterocycles. The van der Waals surface area contributed by atoms with Crippen molar-refractivity contribution in [2.45, 2.75) is 13.5 Å². The third kappa shape index (κ3) is 4.31. The number of benzene rings is 3. The van der Waals surface area contributed by atoms with Gasteiger partial charge in [-0.15, -0.1) is 0 Å². The fourth-order valence-electron chi connectivity index (χ4n) is 2.94. The van der Waals surface area contributed by atoms with Crippen molar-refractivity contribution in [1.29, 1.82) is 0 Å². The highest BCUT2D eigenvalue weighted by Gasteiger charge is 2.17. The number of amides is 1. The zero-order valence-corrected chi connectivity index (χ0v) is 16.6. The number of anilines is 1. The van der Waals surface area contributed by atoms with E-state index in [-0.39, 0.29) is 24.0 Å². The summed E-state index contributed by atoms with van der Waals surface area (Å²) in [5.41, 5.74) is 1.34. The second-order valence-electron chi connectivity index (χ2n) is 6.52. The standard InChI is InChI=1S/C22H16ClN3O4/c1-13(27)24-19-11-16-5-3-2-4-15(16)10-18(19)22(28)29-12-20-25-21(26-30-20)14-6-8-17(23)9-7-14/h2-11H,12H2,1H3,(H,24,27). The maximum atomic E-state index is 12.7. The van der Waals surface area contributed by atoms with E-state index in [9.17, 15) is 9.59 Å². The van der Waals surface area contributed by atoms with Crippen molar-refractivity contribution in [3.63, 3.8) is 0 Å². The molecule has 1 amide bonds. The molecule has 0 atom stereocenters. The molecule has 0 bridgehead atoms. The summed E-state index contributed by atoms with van der Waals surface area (Å²) in [4.78, 5) is 28.5. The van der Waals surface area contributed by atoms with E-state index in [0.717, 1.165) is 16.3 Å². The lowest BCUT2D eigenvalue weighted by molar-refractivity contribution is -0.114. The Balaban J connectivity index is 1.53. The molecule has 0 fully saturated rings. The number of rotatable bonds is 5. The number of esters is 1. The summed E-state index contributed by atoms with van der Waals surface area (Å²) in [6, 6.07) is 17.9. The van der Waals surface area contributed by atoms with Crippen LogP contribution in [0.5, 0.6) is 0 Å². The van der Waals surface area contributed by atoms with Crippen molar-refractivity contribution >= 4 is 39.9 Å². The molecule has 1 aromatic heterocycles. The normalized spacial score (nSPS) is 10.7. The minimum absolute atomic E-state index is 0.148. The molecule has 30 heavy (non-hydrogen) atoms. The molecule has 0 aliphatic heterocycles. The number of carbonyl (C=O) groups excluding carboxylic acids is 2. The van der Waals surface area contributed by atoms with Gasteiger partial charge in [0.2, 0.25) is 11.7 Å². The van der Waals surface area contributed by atoms with Gasteiger partial charge >= 0.3 is 5.97 Å². The van der Waals surface area contributed by atoms with Crippen LogP contribution in [0.2, 0.25) is 5.02 Å². The highest BCUT2D eigenvalue weighted by molar-refractivity contribution is 6.30. The number of halogens is 1. The first kappa shape index (κ1) is 19.6. The highest BCUT2D eigenvalue weighted by Crippen LogP contribution is 2.25. The molecule has 150 valence electrons. The summed E-state index contributed by atoms with van der Waals surface area (Å²) in [5, 5.41) is 8.90. The number of hydrogen-bond donors (Lipinski definition) is 1. The SMILES string of the molecule is CC(=O)Nc1cc2ccccc2cc1C(=O)OCc1nc(-c2ccc(Cl)cc2)no1. The third-order valence-corrected chi connectivity index (χ3v) is 4.57. The van der Waals surface area contributed by atoms with E-state index < -0.39 is 5.97 Å². The summed E-state index contributed by atoms with van der Waals surface area (Å²) in [6.07, 6.45) is 0.